The number of rotatable bonds is 6. The molecule has 3 aromatic rings. The molecule has 0 unspecified atom stereocenters. The zero-order valence-corrected chi connectivity index (χ0v) is 19.1. The Morgan fingerprint density at radius 2 is 1.64 bits per heavy atom. The molecule has 7 nitrogen and oxygen atoms in total. The van der Waals surface area contributed by atoms with Crippen LogP contribution in [0, 0.1) is 11.6 Å². The van der Waals surface area contributed by atoms with Gasteiger partial charge in [-0.3, -0.25) is 4.72 Å². The van der Waals surface area contributed by atoms with E-state index in [2.05, 4.69) is 4.72 Å². The Kier molecular flexibility index (Phi) is 6.12. The minimum Gasteiger partial charge on any atom is -0.497 e. The van der Waals surface area contributed by atoms with Crippen molar-refractivity contribution in [2.24, 2.45) is 0 Å². The summed E-state index contributed by atoms with van der Waals surface area (Å²) < 4.78 is 87.0. The molecule has 0 atom stereocenters. The summed E-state index contributed by atoms with van der Waals surface area (Å²) in [5.41, 5.74) is 1.64. The van der Waals surface area contributed by atoms with Gasteiger partial charge in [0.25, 0.3) is 10.0 Å². The van der Waals surface area contributed by atoms with Gasteiger partial charge in [-0.2, -0.15) is 4.31 Å². The summed E-state index contributed by atoms with van der Waals surface area (Å²) in [6, 6.07) is 13.0. The van der Waals surface area contributed by atoms with Crippen molar-refractivity contribution in [2.45, 2.75) is 22.8 Å². The fourth-order valence-corrected chi connectivity index (χ4v) is 6.13. The zero-order valence-electron chi connectivity index (χ0n) is 17.5. The predicted molar refractivity (Wildman–Crippen MR) is 118 cm³/mol. The SMILES string of the molecule is COc1ccc(S(=O)(=O)N2CCc3ccc(NS(=O)(=O)c4ccc(F)cc4F)cc3C2)cc1. The topological polar surface area (TPSA) is 92.8 Å². The van der Waals surface area contributed by atoms with Crippen LogP contribution in [-0.2, 0) is 33.0 Å². The molecule has 3 aromatic carbocycles. The van der Waals surface area contributed by atoms with Crippen LogP contribution in [-0.4, -0.2) is 34.8 Å². The highest BCUT2D eigenvalue weighted by molar-refractivity contribution is 7.92. The van der Waals surface area contributed by atoms with Crippen LogP contribution in [0.4, 0.5) is 14.5 Å². The Hall–Kier alpha value is -3.02. The van der Waals surface area contributed by atoms with Gasteiger partial charge in [-0.05, 0) is 66.1 Å². The maximum Gasteiger partial charge on any atom is 0.264 e. The number of anilines is 1. The summed E-state index contributed by atoms with van der Waals surface area (Å²) in [4.78, 5) is -0.569. The van der Waals surface area contributed by atoms with Crippen LogP contribution in [0.1, 0.15) is 11.1 Å². The van der Waals surface area contributed by atoms with Crippen molar-refractivity contribution >= 4 is 25.7 Å². The first-order valence-corrected chi connectivity index (χ1v) is 12.8. The van der Waals surface area contributed by atoms with Gasteiger partial charge in [-0.15, -0.1) is 0 Å². The molecule has 33 heavy (non-hydrogen) atoms. The average molecular weight is 495 g/mol. The molecule has 11 heteroatoms. The molecule has 0 amide bonds. The van der Waals surface area contributed by atoms with Crippen molar-refractivity contribution in [3.8, 4) is 5.75 Å². The summed E-state index contributed by atoms with van der Waals surface area (Å²) in [7, 11) is -6.60. The highest BCUT2D eigenvalue weighted by atomic mass is 32.2. The number of benzene rings is 3. The minimum absolute atomic E-state index is 0.0458. The molecule has 1 aliphatic rings. The van der Waals surface area contributed by atoms with Crippen molar-refractivity contribution in [1.82, 2.24) is 4.31 Å². The quantitative estimate of drug-likeness (QED) is 0.566. The number of hydrogen-bond acceptors (Lipinski definition) is 5. The number of fused-ring (bicyclic) bond motifs is 1. The molecule has 0 radical (unpaired) electrons. The summed E-state index contributed by atoms with van der Waals surface area (Å²) in [5, 5.41) is 0. The second kappa shape index (κ2) is 8.73. The van der Waals surface area contributed by atoms with Gasteiger partial charge in [0.1, 0.15) is 22.3 Å². The van der Waals surface area contributed by atoms with E-state index in [9.17, 15) is 25.6 Å². The molecule has 1 aliphatic heterocycles. The number of ether oxygens (including phenoxy) is 1. The molecule has 0 bridgehead atoms. The smallest absolute Gasteiger partial charge is 0.264 e. The lowest BCUT2D eigenvalue weighted by Crippen LogP contribution is -2.36. The van der Waals surface area contributed by atoms with E-state index in [0.29, 0.717) is 23.8 Å². The fourth-order valence-electron chi connectivity index (χ4n) is 3.60. The number of sulfonamides is 2. The van der Waals surface area contributed by atoms with Gasteiger partial charge in [0.2, 0.25) is 10.0 Å². The predicted octanol–water partition coefficient (Wildman–Crippen LogP) is 3.52. The van der Waals surface area contributed by atoms with Gasteiger partial charge in [0, 0.05) is 24.8 Å². The lowest BCUT2D eigenvalue weighted by Gasteiger charge is -2.28. The number of halogens is 2. The van der Waals surface area contributed by atoms with Gasteiger partial charge >= 0.3 is 0 Å². The zero-order chi connectivity index (χ0) is 23.8. The summed E-state index contributed by atoms with van der Waals surface area (Å²) >= 11 is 0. The van der Waals surface area contributed by atoms with E-state index in [0.717, 1.165) is 17.7 Å². The van der Waals surface area contributed by atoms with Crippen LogP contribution in [0.15, 0.2) is 70.5 Å². The molecule has 1 heterocycles. The second-order valence-electron chi connectivity index (χ2n) is 7.43. The average Bonchev–Trinajstić information content (AvgIpc) is 2.78. The van der Waals surface area contributed by atoms with Crippen LogP contribution in [0.2, 0.25) is 0 Å². The minimum atomic E-state index is -4.31. The molecule has 0 spiro atoms. The van der Waals surface area contributed by atoms with Crippen molar-refractivity contribution < 1.29 is 30.4 Å². The lowest BCUT2D eigenvalue weighted by molar-refractivity contribution is 0.391. The van der Waals surface area contributed by atoms with E-state index in [-0.39, 0.29) is 23.7 Å². The first-order valence-electron chi connectivity index (χ1n) is 9.84. The number of hydrogen-bond donors (Lipinski definition) is 1. The highest BCUT2D eigenvalue weighted by Crippen LogP contribution is 2.29. The van der Waals surface area contributed by atoms with Gasteiger partial charge in [0.15, 0.2) is 0 Å². The van der Waals surface area contributed by atoms with Crippen LogP contribution < -0.4 is 9.46 Å². The molecule has 0 saturated carbocycles. The number of methoxy groups -OCH3 is 1. The largest absolute Gasteiger partial charge is 0.497 e. The molecular weight excluding hydrogens is 474 g/mol. The lowest BCUT2D eigenvalue weighted by atomic mass is 10.0. The summed E-state index contributed by atoms with van der Waals surface area (Å²) in [6.07, 6.45) is 0.449. The Morgan fingerprint density at radius 1 is 0.909 bits per heavy atom. The van der Waals surface area contributed by atoms with Crippen LogP contribution in [0.25, 0.3) is 0 Å². The Morgan fingerprint density at radius 3 is 2.30 bits per heavy atom. The molecule has 0 saturated heterocycles. The van der Waals surface area contributed by atoms with E-state index in [1.165, 1.54) is 35.7 Å². The van der Waals surface area contributed by atoms with Crippen molar-refractivity contribution in [2.75, 3.05) is 18.4 Å². The van der Waals surface area contributed by atoms with Gasteiger partial charge in [-0.25, -0.2) is 25.6 Å². The summed E-state index contributed by atoms with van der Waals surface area (Å²) in [5.74, 6) is -1.57. The molecule has 0 aromatic heterocycles. The third-order valence-electron chi connectivity index (χ3n) is 5.32. The molecular formula is C22H20F2N2O5S2. The van der Waals surface area contributed by atoms with Gasteiger partial charge < -0.3 is 4.74 Å². The van der Waals surface area contributed by atoms with E-state index < -0.39 is 36.6 Å². The molecule has 174 valence electrons. The van der Waals surface area contributed by atoms with E-state index in [4.69, 9.17) is 4.74 Å². The maximum absolute atomic E-state index is 14.0. The summed E-state index contributed by atoms with van der Waals surface area (Å²) in [6.45, 7) is 0.317. The fraction of sp³-hybridized carbons (Fsp3) is 0.182. The number of nitrogens with one attached hydrogen (secondary N) is 1. The second-order valence-corrected chi connectivity index (χ2v) is 11.0. The van der Waals surface area contributed by atoms with Crippen LogP contribution in [0.5, 0.6) is 5.75 Å². The normalized spacial score (nSPS) is 14.5. The Labute approximate surface area is 190 Å². The monoisotopic (exact) mass is 494 g/mol. The number of nitrogens with zero attached hydrogens (tertiary/aromatic N) is 1. The Bertz CT molecular complexity index is 1410. The third-order valence-corrected chi connectivity index (χ3v) is 8.59. The standard InChI is InChI=1S/C22H20F2N2O5S2/c1-31-19-5-7-20(8-6-19)33(29,30)26-11-10-15-2-4-18(12-16(15)14-26)25-32(27,28)22-9-3-17(23)13-21(22)24/h2-9,12-13,25H,10-11,14H2,1H3. The highest BCUT2D eigenvalue weighted by Gasteiger charge is 2.29. The van der Waals surface area contributed by atoms with Crippen LogP contribution in [0.3, 0.4) is 0 Å². The third kappa shape index (κ3) is 4.70. The van der Waals surface area contributed by atoms with Crippen molar-refractivity contribution in [1.29, 1.82) is 0 Å². The first kappa shape index (κ1) is 23.1. The maximum atomic E-state index is 14.0. The van der Waals surface area contributed by atoms with Crippen LogP contribution >= 0.6 is 0 Å². The van der Waals surface area contributed by atoms with E-state index >= 15 is 0 Å². The van der Waals surface area contributed by atoms with Gasteiger partial charge in [0.05, 0.1) is 12.0 Å². The first-order chi connectivity index (χ1) is 15.6. The molecule has 0 aliphatic carbocycles. The van der Waals surface area contributed by atoms with Crippen molar-refractivity contribution in [3.05, 3.63) is 83.4 Å². The Balaban J connectivity index is 1.58. The van der Waals surface area contributed by atoms with Gasteiger partial charge in [-0.1, -0.05) is 6.07 Å². The van der Waals surface area contributed by atoms with E-state index in [1.54, 1.807) is 18.2 Å². The molecule has 4 rings (SSSR count). The van der Waals surface area contributed by atoms with E-state index in [1.807, 2.05) is 0 Å². The molecule has 1 N–H and O–H groups in total. The molecule has 0 fully saturated rings. The van der Waals surface area contributed by atoms with Crippen molar-refractivity contribution in [3.63, 3.8) is 0 Å².